The highest BCUT2D eigenvalue weighted by atomic mass is 32.1. The summed E-state index contributed by atoms with van der Waals surface area (Å²) in [4.78, 5) is 55.7. The van der Waals surface area contributed by atoms with Crippen molar-refractivity contribution < 1.29 is 19.2 Å². The first-order valence-corrected chi connectivity index (χ1v) is 14.2. The molecule has 1 N–H and O–H groups in total. The van der Waals surface area contributed by atoms with Gasteiger partial charge in [-0.05, 0) is 53.8 Å². The van der Waals surface area contributed by atoms with Crippen LogP contribution in [0.5, 0.6) is 0 Å². The molecular formula is C29H37N3O4S. The van der Waals surface area contributed by atoms with Gasteiger partial charge < -0.3 is 15.1 Å². The summed E-state index contributed by atoms with van der Waals surface area (Å²) < 4.78 is 0. The standard InChI is InChI=1S/C29H37N3O4S/c1-4-19(2)16-27(35)32-18-24(33)28-23(32)12-14-31(28)26(34)17-20(3)11-13-30-29(36)22-9-7-21(8-10-22)25-6-5-15-37-25/h5-10,15,19-20,23,28H,4,11-14,16-18H2,1-3H3,(H,30,36). The quantitative estimate of drug-likeness (QED) is 0.501. The van der Waals surface area contributed by atoms with Gasteiger partial charge in [-0.3, -0.25) is 19.2 Å². The lowest BCUT2D eigenvalue weighted by Gasteiger charge is -2.26. The van der Waals surface area contributed by atoms with Gasteiger partial charge in [-0.2, -0.15) is 0 Å². The van der Waals surface area contributed by atoms with E-state index in [9.17, 15) is 19.2 Å². The zero-order valence-electron chi connectivity index (χ0n) is 21.9. The molecule has 8 heteroatoms. The van der Waals surface area contributed by atoms with Gasteiger partial charge in [-0.15, -0.1) is 11.3 Å². The van der Waals surface area contributed by atoms with Gasteiger partial charge in [0.1, 0.15) is 6.04 Å². The smallest absolute Gasteiger partial charge is 0.251 e. The Hall–Kier alpha value is -3.00. The molecule has 0 radical (unpaired) electrons. The average Bonchev–Trinajstić information content (AvgIpc) is 3.63. The summed E-state index contributed by atoms with van der Waals surface area (Å²) in [5.74, 6) is 0.172. The normalized spacial score (nSPS) is 20.6. The lowest BCUT2D eigenvalue weighted by atomic mass is 10.0. The van der Waals surface area contributed by atoms with Crippen LogP contribution in [0.3, 0.4) is 0 Å². The van der Waals surface area contributed by atoms with E-state index in [4.69, 9.17) is 0 Å². The van der Waals surface area contributed by atoms with E-state index in [1.165, 1.54) is 4.88 Å². The molecule has 4 atom stereocenters. The number of ketones is 1. The molecule has 37 heavy (non-hydrogen) atoms. The van der Waals surface area contributed by atoms with Crippen molar-refractivity contribution in [2.75, 3.05) is 19.6 Å². The van der Waals surface area contributed by atoms with E-state index >= 15 is 0 Å². The first kappa shape index (κ1) is 27.0. The number of likely N-dealkylation sites (tertiary alicyclic amines) is 2. The Morgan fingerprint density at radius 3 is 2.41 bits per heavy atom. The lowest BCUT2D eigenvalue weighted by molar-refractivity contribution is -0.137. The number of benzene rings is 1. The fraction of sp³-hybridized carbons (Fsp3) is 0.517. The minimum Gasteiger partial charge on any atom is -0.352 e. The van der Waals surface area contributed by atoms with Gasteiger partial charge in [-0.25, -0.2) is 0 Å². The average molecular weight is 524 g/mol. The van der Waals surface area contributed by atoms with Crippen LogP contribution in [0.4, 0.5) is 0 Å². The molecule has 0 saturated carbocycles. The molecule has 2 saturated heterocycles. The number of fused-ring (bicyclic) bond motifs is 1. The number of carbonyl (C=O) groups is 4. The monoisotopic (exact) mass is 523 g/mol. The van der Waals surface area contributed by atoms with Crippen LogP contribution in [0.1, 0.15) is 63.2 Å². The third-order valence-corrected chi connectivity index (χ3v) is 8.60. The van der Waals surface area contributed by atoms with Gasteiger partial charge in [-0.1, -0.05) is 45.4 Å². The number of hydrogen-bond donors (Lipinski definition) is 1. The number of amides is 3. The van der Waals surface area contributed by atoms with Crippen molar-refractivity contribution >= 4 is 34.8 Å². The maximum absolute atomic E-state index is 13.1. The zero-order chi connectivity index (χ0) is 26.5. The first-order valence-electron chi connectivity index (χ1n) is 13.3. The maximum Gasteiger partial charge on any atom is 0.251 e. The second kappa shape index (κ2) is 12.0. The third-order valence-electron chi connectivity index (χ3n) is 7.68. The van der Waals surface area contributed by atoms with E-state index in [0.29, 0.717) is 44.3 Å². The minimum absolute atomic E-state index is 0.0229. The Bertz CT molecular complexity index is 1110. The zero-order valence-corrected chi connectivity index (χ0v) is 22.8. The number of carbonyl (C=O) groups excluding carboxylic acids is 4. The van der Waals surface area contributed by atoms with E-state index in [0.717, 1.165) is 12.0 Å². The second-order valence-electron chi connectivity index (χ2n) is 10.5. The predicted molar refractivity (Wildman–Crippen MR) is 145 cm³/mol. The molecule has 3 amide bonds. The van der Waals surface area contributed by atoms with Gasteiger partial charge in [0, 0.05) is 36.4 Å². The van der Waals surface area contributed by atoms with E-state index < -0.39 is 6.04 Å². The molecule has 198 valence electrons. The van der Waals surface area contributed by atoms with E-state index in [1.54, 1.807) is 21.1 Å². The molecule has 0 aliphatic carbocycles. The van der Waals surface area contributed by atoms with Crippen LogP contribution < -0.4 is 5.32 Å². The van der Waals surface area contributed by atoms with E-state index in [-0.39, 0.29) is 47.9 Å². The number of hydrogen-bond acceptors (Lipinski definition) is 5. The summed E-state index contributed by atoms with van der Waals surface area (Å²) in [6, 6.07) is 10.9. The number of thiophene rings is 1. The van der Waals surface area contributed by atoms with Crippen molar-refractivity contribution in [3.8, 4) is 10.4 Å². The van der Waals surface area contributed by atoms with Crippen molar-refractivity contribution in [2.45, 2.75) is 65.0 Å². The molecule has 1 aromatic carbocycles. The molecule has 1 aromatic heterocycles. The van der Waals surface area contributed by atoms with Crippen LogP contribution in [-0.4, -0.2) is 65.0 Å². The summed E-state index contributed by atoms with van der Waals surface area (Å²) in [5.41, 5.74) is 1.70. The number of Topliss-reactive ketones (excluding diaryl/α,β-unsaturated/α-hetero) is 1. The molecule has 4 unspecified atom stereocenters. The second-order valence-corrected chi connectivity index (χ2v) is 11.4. The van der Waals surface area contributed by atoms with Crippen molar-refractivity contribution in [1.29, 1.82) is 0 Å². The Morgan fingerprint density at radius 1 is 1.03 bits per heavy atom. The summed E-state index contributed by atoms with van der Waals surface area (Å²) in [6.07, 6.45) is 3.02. The van der Waals surface area contributed by atoms with Gasteiger partial charge in [0.05, 0.1) is 12.6 Å². The first-order chi connectivity index (χ1) is 17.8. The minimum atomic E-state index is -0.502. The highest BCUT2D eigenvalue weighted by molar-refractivity contribution is 7.13. The van der Waals surface area contributed by atoms with E-state index in [2.05, 4.69) is 18.3 Å². The fourth-order valence-electron chi connectivity index (χ4n) is 5.26. The summed E-state index contributed by atoms with van der Waals surface area (Å²) in [6.45, 7) is 7.20. The molecule has 3 heterocycles. The van der Waals surface area contributed by atoms with Crippen LogP contribution >= 0.6 is 11.3 Å². The van der Waals surface area contributed by atoms with Crippen molar-refractivity contribution in [2.24, 2.45) is 11.8 Å². The Balaban J connectivity index is 1.23. The largest absolute Gasteiger partial charge is 0.352 e. The van der Waals surface area contributed by atoms with Crippen LogP contribution in [0, 0.1) is 11.8 Å². The van der Waals surface area contributed by atoms with Gasteiger partial charge >= 0.3 is 0 Å². The molecule has 2 aromatic rings. The fourth-order valence-corrected chi connectivity index (χ4v) is 6.00. The Labute approximate surface area is 223 Å². The van der Waals surface area contributed by atoms with Crippen molar-refractivity contribution in [3.05, 3.63) is 47.3 Å². The lowest BCUT2D eigenvalue weighted by Crippen LogP contribution is -2.44. The number of nitrogens with one attached hydrogen (secondary N) is 1. The maximum atomic E-state index is 13.1. The van der Waals surface area contributed by atoms with Crippen molar-refractivity contribution in [3.63, 3.8) is 0 Å². The molecule has 2 aliphatic rings. The molecule has 2 fully saturated rings. The Kier molecular flexibility index (Phi) is 8.79. The summed E-state index contributed by atoms with van der Waals surface area (Å²) in [7, 11) is 0. The van der Waals surface area contributed by atoms with Crippen LogP contribution in [-0.2, 0) is 14.4 Å². The molecular weight excluding hydrogens is 486 g/mol. The highest BCUT2D eigenvalue weighted by Gasteiger charge is 2.51. The van der Waals surface area contributed by atoms with Gasteiger partial charge in [0.2, 0.25) is 11.8 Å². The predicted octanol–water partition coefficient (Wildman–Crippen LogP) is 4.38. The third kappa shape index (κ3) is 6.29. The van der Waals surface area contributed by atoms with Crippen LogP contribution in [0.2, 0.25) is 0 Å². The van der Waals surface area contributed by atoms with E-state index in [1.807, 2.05) is 49.6 Å². The van der Waals surface area contributed by atoms with Crippen LogP contribution in [0.25, 0.3) is 10.4 Å². The van der Waals surface area contributed by atoms with Gasteiger partial charge in [0.15, 0.2) is 5.78 Å². The van der Waals surface area contributed by atoms with Crippen LogP contribution in [0.15, 0.2) is 41.8 Å². The molecule has 0 bridgehead atoms. The SMILES string of the molecule is CCC(C)CC(=O)N1CC(=O)C2C1CCN2C(=O)CC(C)CCNC(=O)c1ccc(-c2cccs2)cc1. The summed E-state index contributed by atoms with van der Waals surface area (Å²) in [5, 5.41) is 4.98. The molecule has 7 nitrogen and oxygen atoms in total. The van der Waals surface area contributed by atoms with Gasteiger partial charge in [0.25, 0.3) is 5.91 Å². The number of nitrogens with zero attached hydrogens (tertiary/aromatic N) is 2. The number of rotatable bonds is 10. The highest BCUT2D eigenvalue weighted by Crippen LogP contribution is 2.32. The Morgan fingerprint density at radius 2 is 1.73 bits per heavy atom. The molecule has 2 aliphatic heterocycles. The molecule has 4 rings (SSSR count). The summed E-state index contributed by atoms with van der Waals surface area (Å²) >= 11 is 1.66. The molecule has 0 spiro atoms. The topological polar surface area (TPSA) is 86.8 Å². The van der Waals surface area contributed by atoms with Crippen molar-refractivity contribution in [1.82, 2.24) is 15.1 Å².